The van der Waals surface area contributed by atoms with Crippen molar-refractivity contribution < 1.29 is 19.4 Å². The van der Waals surface area contributed by atoms with Crippen LogP contribution in [0.2, 0.25) is 0 Å². The molecule has 0 saturated carbocycles. The van der Waals surface area contributed by atoms with Crippen LogP contribution in [0.5, 0.6) is 0 Å². The van der Waals surface area contributed by atoms with Crippen LogP contribution in [0.3, 0.4) is 0 Å². The van der Waals surface area contributed by atoms with Gasteiger partial charge in [-0.1, -0.05) is 51.1 Å². The lowest BCUT2D eigenvalue weighted by Crippen LogP contribution is -2.32. The van der Waals surface area contributed by atoms with Crippen LogP contribution in [0.25, 0.3) is 11.4 Å². The van der Waals surface area contributed by atoms with Crippen molar-refractivity contribution in [1.82, 2.24) is 14.3 Å². The molecule has 1 aliphatic heterocycles. The molecule has 2 aromatic heterocycles. The Kier molecular flexibility index (Phi) is 5.84. The Hall–Kier alpha value is -3.45. The Bertz CT molecular complexity index is 1250. The van der Waals surface area contributed by atoms with Crippen molar-refractivity contribution in [2.24, 2.45) is 0 Å². The zero-order valence-electron chi connectivity index (χ0n) is 19.6. The maximum atomic E-state index is 13.2. The van der Waals surface area contributed by atoms with Gasteiger partial charge in [0, 0.05) is 19.9 Å². The number of carbonyl (C=O) groups excluding carboxylic acids is 2. The van der Waals surface area contributed by atoms with Crippen molar-refractivity contribution in [2.75, 3.05) is 20.3 Å². The molecule has 1 aromatic carbocycles. The van der Waals surface area contributed by atoms with Crippen molar-refractivity contribution in [3.8, 4) is 0 Å². The van der Waals surface area contributed by atoms with Gasteiger partial charge in [-0.3, -0.25) is 14.0 Å². The molecule has 33 heavy (non-hydrogen) atoms. The van der Waals surface area contributed by atoms with Crippen LogP contribution >= 0.6 is 0 Å². The minimum Gasteiger partial charge on any atom is -0.505 e. The number of aromatic nitrogens is 2. The van der Waals surface area contributed by atoms with E-state index in [2.05, 4.69) is 25.8 Å². The molecule has 0 spiro atoms. The van der Waals surface area contributed by atoms with Crippen LogP contribution in [0.4, 0.5) is 0 Å². The van der Waals surface area contributed by atoms with Gasteiger partial charge in [0.1, 0.15) is 11.3 Å². The van der Waals surface area contributed by atoms with Crippen molar-refractivity contribution in [3.05, 3.63) is 76.7 Å². The normalized spacial score (nSPS) is 18.5. The summed E-state index contributed by atoms with van der Waals surface area (Å²) in [6.07, 6.45) is 1.78. The number of imidazole rings is 1. The molecule has 1 amide bonds. The average Bonchev–Trinajstić information content (AvgIpc) is 3.24. The van der Waals surface area contributed by atoms with E-state index in [0.29, 0.717) is 17.0 Å². The van der Waals surface area contributed by atoms with Gasteiger partial charge in [-0.25, -0.2) is 4.98 Å². The van der Waals surface area contributed by atoms with Crippen LogP contribution in [0, 0.1) is 6.92 Å². The molecule has 1 saturated heterocycles. The molecule has 7 nitrogen and oxygen atoms in total. The lowest BCUT2D eigenvalue weighted by molar-refractivity contribution is -0.140. The molecule has 0 radical (unpaired) electrons. The highest BCUT2D eigenvalue weighted by atomic mass is 16.5. The van der Waals surface area contributed by atoms with E-state index in [1.807, 2.05) is 42.5 Å². The number of Topliss-reactive ketones (excluding diaryl/α,β-unsaturated/α-hetero) is 1. The number of benzene rings is 1. The van der Waals surface area contributed by atoms with Crippen molar-refractivity contribution in [2.45, 2.75) is 39.2 Å². The number of hydrogen-bond acceptors (Lipinski definition) is 5. The van der Waals surface area contributed by atoms with Gasteiger partial charge in [0.25, 0.3) is 11.7 Å². The quantitative estimate of drug-likeness (QED) is 0.363. The van der Waals surface area contributed by atoms with E-state index in [1.54, 1.807) is 24.6 Å². The van der Waals surface area contributed by atoms with Crippen LogP contribution in [0.1, 0.15) is 49.3 Å². The Morgan fingerprint density at radius 1 is 1.12 bits per heavy atom. The molecular weight excluding hydrogens is 418 g/mol. The lowest BCUT2D eigenvalue weighted by Gasteiger charge is -2.26. The average molecular weight is 448 g/mol. The molecule has 1 atom stereocenters. The van der Waals surface area contributed by atoms with Crippen molar-refractivity contribution in [1.29, 1.82) is 0 Å². The predicted octanol–water partition coefficient (Wildman–Crippen LogP) is 4.01. The number of rotatable bonds is 5. The summed E-state index contributed by atoms with van der Waals surface area (Å²) >= 11 is 0. The predicted molar refractivity (Wildman–Crippen MR) is 126 cm³/mol. The third-order valence-corrected chi connectivity index (χ3v) is 6.10. The van der Waals surface area contributed by atoms with Crippen LogP contribution < -0.4 is 0 Å². The van der Waals surface area contributed by atoms with Gasteiger partial charge in [0.15, 0.2) is 5.76 Å². The smallest absolute Gasteiger partial charge is 0.295 e. The number of hydrogen-bond donors (Lipinski definition) is 1. The number of aliphatic hydroxyl groups excluding tert-OH is 1. The highest BCUT2D eigenvalue weighted by molar-refractivity contribution is 6.46. The second kappa shape index (κ2) is 8.48. The van der Waals surface area contributed by atoms with Gasteiger partial charge in [0.2, 0.25) is 0 Å². The first-order chi connectivity index (χ1) is 15.6. The van der Waals surface area contributed by atoms with E-state index < -0.39 is 17.7 Å². The van der Waals surface area contributed by atoms with Gasteiger partial charge in [-0.05, 0) is 35.6 Å². The van der Waals surface area contributed by atoms with Gasteiger partial charge in [0.05, 0.1) is 23.9 Å². The van der Waals surface area contributed by atoms with E-state index in [1.165, 1.54) is 4.90 Å². The monoisotopic (exact) mass is 447 g/mol. The number of methoxy groups -OCH3 is 1. The molecule has 1 fully saturated rings. The lowest BCUT2D eigenvalue weighted by atomic mass is 9.85. The minimum absolute atomic E-state index is 0.0377. The fourth-order valence-electron chi connectivity index (χ4n) is 4.34. The number of aliphatic hydroxyl groups is 1. The van der Waals surface area contributed by atoms with E-state index in [9.17, 15) is 14.7 Å². The highest BCUT2D eigenvalue weighted by Gasteiger charge is 2.46. The molecule has 3 heterocycles. The van der Waals surface area contributed by atoms with Gasteiger partial charge < -0.3 is 14.7 Å². The number of pyridine rings is 1. The molecule has 4 rings (SSSR count). The summed E-state index contributed by atoms with van der Waals surface area (Å²) in [5.74, 6) is -1.59. The van der Waals surface area contributed by atoms with E-state index >= 15 is 0 Å². The molecular formula is C26H29N3O4. The third kappa shape index (κ3) is 3.93. The minimum atomic E-state index is -0.720. The molecule has 1 aliphatic rings. The third-order valence-electron chi connectivity index (χ3n) is 6.10. The molecule has 0 bridgehead atoms. The standard InChI is InChI=1S/C26H29N3O4/c1-16-21(28-13-7-6-8-19(28)27-16)23(30)20-22(29(14-15-33-5)25(32)24(20)31)17-9-11-18(12-10-17)26(2,3)4/h6-13,22,30H,14-15H2,1-5H3. The Morgan fingerprint density at radius 3 is 2.45 bits per heavy atom. The molecule has 1 N–H and O–H groups in total. The summed E-state index contributed by atoms with van der Waals surface area (Å²) in [6.45, 7) is 8.66. The Balaban J connectivity index is 1.91. The van der Waals surface area contributed by atoms with Gasteiger partial charge in [-0.15, -0.1) is 0 Å². The molecule has 7 heteroatoms. The second-order valence-electron chi connectivity index (χ2n) is 9.33. The molecule has 0 aliphatic carbocycles. The van der Waals surface area contributed by atoms with Crippen molar-refractivity contribution >= 4 is 23.1 Å². The summed E-state index contributed by atoms with van der Waals surface area (Å²) in [5, 5.41) is 11.4. The Labute approximate surface area is 193 Å². The van der Waals surface area contributed by atoms with E-state index in [0.717, 1.165) is 11.1 Å². The van der Waals surface area contributed by atoms with Crippen LogP contribution in [-0.4, -0.2) is 51.3 Å². The first-order valence-corrected chi connectivity index (χ1v) is 11.0. The summed E-state index contributed by atoms with van der Waals surface area (Å²) in [6, 6.07) is 12.6. The number of amides is 1. The maximum absolute atomic E-state index is 13.2. The summed E-state index contributed by atoms with van der Waals surface area (Å²) < 4.78 is 6.91. The van der Waals surface area contributed by atoms with Crippen LogP contribution in [0.15, 0.2) is 54.2 Å². The summed E-state index contributed by atoms with van der Waals surface area (Å²) in [5.41, 5.74) is 3.55. The first-order valence-electron chi connectivity index (χ1n) is 11.0. The number of fused-ring (bicyclic) bond motifs is 1. The summed E-state index contributed by atoms with van der Waals surface area (Å²) in [7, 11) is 1.55. The molecule has 172 valence electrons. The summed E-state index contributed by atoms with van der Waals surface area (Å²) in [4.78, 5) is 32.2. The number of aryl methyl sites for hydroxylation is 1. The van der Waals surface area contributed by atoms with E-state index in [-0.39, 0.29) is 29.9 Å². The fraction of sp³-hybridized carbons (Fsp3) is 0.346. The van der Waals surface area contributed by atoms with E-state index in [4.69, 9.17) is 4.74 Å². The largest absolute Gasteiger partial charge is 0.505 e. The number of carbonyl (C=O) groups is 2. The fourth-order valence-corrected chi connectivity index (χ4v) is 4.34. The zero-order valence-corrected chi connectivity index (χ0v) is 19.6. The van der Waals surface area contributed by atoms with Crippen LogP contribution in [-0.2, 0) is 19.7 Å². The Morgan fingerprint density at radius 2 is 1.82 bits per heavy atom. The highest BCUT2D eigenvalue weighted by Crippen LogP contribution is 2.40. The first kappa shape index (κ1) is 22.7. The second-order valence-corrected chi connectivity index (χ2v) is 9.33. The van der Waals surface area contributed by atoms with Crippen molar-refractivity contribution in [3.63, 3.8) is 0 Å². The number of ether oxygens (including phenoxy) is 1. The number of nitrogens with zero attached hydrogens (tertiary/aromatic N) is 3. The number of likely N-dealkylation sites (tertiary alicyclic amines) is 1. The SMILES string of the molecule is COCCN1C(=O)C(=O)C(=C(O)c2c(C)nc3ccccn23)C1c1ccc(C(C)(C)C)cc1. The topological polar surface area (TPSA) is 84.1 Å². The van der Waals surface area contributed by atoms with Gasteiger partial charge in [-0.2, -0.15) is 0 Å². The molecule has 1 unspecified atom stereocenters. The maximum Gasteiger partial charge on any atom is 0.295 e. The molecule has 3 aromatic rings. The zero-order chi connectivity index (χ0) is 23.9. The van der Waals surface area contributed by atoms with Gasteiger partial charge >= 0.3 is 0 Å². The number of ketones is 1.